The van der Waals surface area contributed by atoms with Gasteiger partial charge in [-0.1, -0.05) is 30.3 Å². The van der Waals surface area contributed by atoms with Crippen molar-refractivity contribution in [3.63, 3.8) is 0 Å². The van der Waals surface area contributed by atoms with Crippen molar-refractivity contribution < 1.29 is 38.1 Å². The van der Waals surface area contributed by atoms with E-state index < -0.39 is 47.1 Å². The highest BCUT2D eigenvalue weighted by molar-refractivity contribution is 5.82. The van der Waals surface area contributed by atoms with Crippen molar-refractivity contribution in [3.8, 4) is 0 Å². The van der Waals surface area contributed by atoms with Crippen molar-refractivity contribution >= 4 is 24.2 Å². The number of nitrogens with one attached hydrogen (secondary N) is 2. The number of ether oxygens (including phenoxy) is 4. The van der Waals surface area contributed by atoms with Gasteiger partial charge in [-0.05, 0) is 67.9 Å². The summed E-state index contributed by atoms with van der Waals surface area (Å²) in [4.78, 5) is 51.8. The Labute approximate surface area is 225 Å². The van der Waals surface area contributed by atoms with Crippen molar-refractivity contribution in [1.82, 2.24) is 15.5 Å². The van der Waals surface area contributed by atoms with E-state index >= 15 is 0 Å². The lowest BCUT2D eigenvalue weighted by atomic mass is 10.2. The fraction of sp³-hybridized carbons (Fsp3) is 0.630. The first-order chi connectivity index (χ1) is 17.3. The molecule has 214 valence electrons. The van der Waals surface area contributed by atoms with E-state index in [1.54, 1.807) is 74.4 Å². The molecule has 1 atom stereocenters. The van der Waals surface area contributed by atoms with Crippen molar-refractivity contribution in [1.29, 1.82) is 0 Å². The Morgan fingerprint density at radius 3 is 1.84 bits per heavy atom. The Bertz CT molecular complexity index is 930. The summed E-state index contributed by atoms with van der Waals surface area (Å²) in [7, 11) is 0. The summed E-state index contributed by atoms with van der Waals surface area (Å²) in [6, 6.07) is 7.76. The van der Waals surface area contributed by atoms with Gasteiger partial charge in [-0.25, -0.2) is 19.2 Å². The number of hydrogen-bond donors (Lipinski definition) is 2. The van der Waals surface area contributed by atoms with E-state index in [0.717, 1.165) is 5.56 Å². The van der Waals surface area contributed by atoms with Crippen LogP contribution in [-0.2, 0) is 30.3 Å². The molecule has 0 heterocycles. The molecule has 0 bridgehead atoms. The van der Waals surface area contributed by atoms with Crippen LogP contribution in [0.5, 0.6) is 0 Å². The highest BCUT2D eigenvalue weighted by Crippen LogP contribution is 2.12. The Morgan fingerprint density at radius 2 is 1.32 bits per heavy atom. The number of rotatable bonds is 9. The Morgan fingerprint density at radius 1 is 0.789 bits per heavy atom. The number of alkyl carbamates (subject to hydrolysis) is 2. The van der Waals surface area contributed by atoms with Gasteiger partial charge in [0, 0.05) is 13.1 Å². The van der Waals surface area contributed by atoms with Gasteiger partial charge in [0.25, 0.3) is 0 Å². The van der Waals surface area contributed by atoms with E-state index in [-0.39, 0.29) is 26.2 Å². The van der Waals surface area contributed by atoms with Crippen molar-refractivity contribution in [2.24, 2.45) is 0 Å². The first-order valence-electron chi connectivity index (χ1n) is 12.5. The molecule has 0 saturated carbocycles. The van der Waals surface area contributed by atoms with Crippen LogP contribution in [0.15, 0.2) is 30.3 Å². The summed E-state index contributed by atoms with van der Waals surface area (Å²) >= 11 is 0. The summed E-state index contributed by atoms with van der Waals surface area (Å²) in [6.45, 7) is 15.0. The van der Waals surface area contributed by atoms with Crippen LogP contribution in [-0.4, -0.2) is 71.6 Å². The summed E-state index contributed by atoms with van der Waals surface area (Å²) < 4.78 is 21.4. The van der Waals surface area contributed by atoms with Gasteiger partial charge < -0.3 is 34.5 Å². The minimum Gasteiger partial charge on any atom is -0.459 e. The summed E-state index contributed by atoms with van der Waals surface area (Å²) in [5, 5.41) is 5.06. The molecule has 38 heavy (non-hydrogen) atoms. The molecule has 1 aromatic rings. The zero-order valence-electron chi connectivity index (χ0n) is 24.0. The maximum absolute atomic E-state index is 13.0. The zero-order chi connectivity index (χ0) is 29.1. The molecule has 0 saturated heterocycles. The van der Waals surface area contributed by atoms with E-state index in [9.17, 15) is 19.2 Å². The number of amides is 3. The fourth-order valence-corrected chi connectivity index (χ4v) is 2.87. The molecule has 0 aliphatic carbocycles. The number of hydrogen-bond acceptors (Lipinski definition) is 8. The van der Waals surface area contributed by atoms with Gasteiger partial charge in [0.2, 0.25) is 0 Å². The normalized spacial score (nSPS) is 12.6. The van der Waals surface area contributed by atoms with E-state index in [1.807, 2.05) is 18.2 Å². The predicted octanol–water partition coefficient (Wildman–Crippen LogP) is 4.38. The average Bonchev–Trinajstić information content (AvgIpc) is 2.73. The lowest BCUT2D eigenvalue weighted by Gasteiger charge is -2.30. The highest BCUT2D eigenvalue weighted by atomic mass is 16.6. The van der Waals surface area contributed by atoms with Gasteiger partial charge in [-0.3, -0.25) is 0 Å². The van der Waals surface area contributed by atoms with Crippen LogP contribution in [0.2, 0.25) is 0 Å². The summed E-state index contributed by atoms with van der Waals surface area (Å²) in [5.74, 6) is -0.770. The fourth-order valence-electron chi connectivity index (χ4n) is 2.87. The third-order valence-corrected chi connectivity index (χ3v) is 4.30. The van der Waals surface area contributed by atoms with Gasteiger partial charge >= 0.3 is 24.2 Å². The Kier molecular flexibility index (Phi) is 11.9. The number of carbonyl (C=O) groups excluding carboxylic acids is 4. The second-order valence-electron chi connectivity index (χ2n) is 11.6. The smallest absolute Gasteiger partial charge is 0.410 e. The van der Waals surface area contributed by atoms with Crippen molar-refractivity contribution in [2.45, 2.75) is 91.8 Å². The van der Waals surface area contributed by atoms with E-state index in [2.05, 4.69) is 10.6 Å². The summed E-state index contributed by atoms with van der Waals surface area (Å²) in [5.41, 5.74) is -1.58. The van der Waals surface area contributed by atoms with Crippen LogP contribution in [0.4, 0.5) is 14.4 Å². The molecule has 3 amide bonds. The number of benzene rings is 1. The van der Waals surface area contributed by atoms with Crippen LogP contribution in [0, 0.1) is 0 Å². The van der Waals surface area contributed by atoms with Crippen LogP contribution >= 0.6 is 0 Å². The minimum atomic E-state index is -1.28. The second-order valence-corrected chi connectivity index (χ2v) is 11.6. The molecule has 0 aliphatic heterocycles. The van der Waals surface area contributed by atoms with E-state index in [4.69, 9.17) is 18.9 Å². The van der Waals surface area contributed by atoms with Crippen molar-refractivity contribution in [2.75, 3.05) is 19.6 Å². The zero-order valence-corrected chi connectivity index (χ0v) is 24.0. The monoisotopic (exact) mass is 537 g/mol. The van der Waals surface area contributed by atoms with Gasteiger partial charge in [0.1, 0.15) is 29.5 Å². The Hall–Kier alpha value is -3.50. The van der Waals surface area contributed by atoms with E-state index in [1.165, 1.54) is 4.90 Å². The molecule has 0 aliphatic rings. The summed E-state index contributed by atoms with van der Waals surface area (Å²) in [6.07, 6.45) is -2.25. The third-order valence-electron chi connectivity index (χ3n) is 4.30. The predicted molar refractivity (Wildman–Crippen MR) is 141 cm³/mol. The molecule has 0 aromatic heterocycles. The first kappa shape index (κ1) is 32.5. The quantitative estimate of drug-likeness (QED) is 0.350. The maximum atomic E-state index is 13.0. The molecule has 11 heteroatoms. The Balaban J connectivity index is 3.06. The molecule has 11 nitrogen and oxygen atoms in total. The molecule has 0 spiro atoms. The second kappa shape index (κ2) is 13.9. The highest BCUT2D eigenvalue weighted by Gasteiger charge is 2.31. The lowest BCUT2D eigenvalue weighted by Crippen LogP contribution is -2.53. The minimum absolute atomic E-state index is 0.00633. The number of carbonyl (C=O) groups is 4. The van der Waals surface area contributed by atoms with Gasteiger partial charge in [0.05, 0.1) is 6.54 Å². The van der Waals surface area contributed by atoms with Crippen LogP contribution in [0.1, 0.15) is 67.9 Å². The van der Waals surface area contributed by atoms with Crippen LogP contribution in [0.3, 0.4) is 0 Å². The molecule has 2 N–H and O–H groups in total. The lowest BCUT2D eigenvalue weighted by molar-refractivity contribution is -0.148. The van der Waals surface area contributed by atoms with Gasteiger partial charge in [-0.2, -0.15) is 0 Å². The molecular formula is C27H43N3O8. The molecule has 0 radical (unpaired) electrons. The maximum Gasteiger partial charge on any atom is 0.410 e. The average molecular weight is 538 g/mol. The molecule has 1 rings (SSSR count). The first-order valence-corrected chi connectivity index (χ1v) is 12.5. The van der Waals surface area contributed by atoms with E-state index in [0.29, 0.717) is 0 Å². The van der Waals surface area contributed by atoms with Crippen molar-refractivity contribution in [3.05, 3.63) is 35.9 Å². The number of esters is 1. The largest absolute Gasteiger partial charge is 0.459 e. The molecule has 1 unspecified atom stereocenters. The number of nitrogens with zero attached hydrogens (tertiary/aromatic N) is 1. The molecule has 1 aromatic carbocycles. The van der Waals surface area contributed by atoms with Crippen LogP contribution < -0.4 is 10.6 Å². The standard InChI is InChI=1S/C27H43N3O8/c1-25(2,3)36-22(32)28-15-16-30(24(34)38-27(7,8)9)17-20(29-23(33)37-26(4,5)6)21(31)35-18-19-13-11-10-12-14-19/h10-14,20H,15-18H2,1-9H3,(H,28,32)(H,29,33). The van der Waals surface area contributed by atoms with Gasteiger partial charge in [0.15, 0.2) is 0 Å². The van der Waals surface area contributed by atoms with Gasteiger partial charge in [-0.15, -0.1) is 0 Å². The molecule has 0 fully saturated rings. The molecular weight excluding hydrogens is 494 g/mol. The van der Waals surface area contributed by atoms with Crippen LogP contribution in [0.25, 0.3) is 0 Å². The topological polar surface area (TPSA) is 132 Å². The third kappa shape index (κ3) is 14.9. The SMILES string of the molecule is CC(C)(C)OC(=O)NCCN(CC(NC(=O)OC(C)(C)C)C(=O)OCc1ccccc1)C(=O)OC(C)(C)C.